The molecule has 0 aliphatic heterocycles. The van der Waals surface area contributed by atoms with Crippen LogP contribution in [0.3, 0.4) is 0 Å². The minimum atomic E-state index is -4.02. The Morgan fingerprint density at radius 3 is 2.50 bits per heavy atom. The Morgan fingerprint density at radius 1 is 1.31 bits per heavy atom. The number of sulfonamides is 1. The molecule has 1 aromatic carbocycles. The Balaban J connectivity index is 1.98. The lowest BCUT2D eigenvalue weighted by atomic mass is 10.2. The van der Waals surface area contributed by atoms with Crippen molar-refractivity contribution in [2.75, 3.05) is 0 Å². The van der Waals surface area contributed by atoms with Gasteiger partial charge in [0, 0.05) is 37.0 Å². The van der Waals surface area contributed by atoms with Crippen molar-refractivity contribution >= 4 is 16.0 Å². The zero-order valence-electron chi connectivity index (χ0n) is 14.0. The van der Waals surface area contributed by atoms with Gasteiger partial charge in [0.2, 0.25) is 10.0 Å². The maximum atomic E-state index is 14.0. The lowest BCUT2D eigenvalue weighted by Crippen LogP contribution is -2.32. The highest BCUT2D eigenvalue weighted by Crippen LogP contribution is 2.34. The van der Waals surface area contributed by atoms with Crippen LogP contribution in [-0.4, -0.2) is 34.4 Å². The number of rotatable bonds is 7. The highest BCUT2D eigenvalue weighted by atomic mass is 32.2. The number of halogens is 2. The quantitative estimate of drug-likeness (QED) is 0.796. The van der Waals surface area contributed by atoms with Crippen LogP contribution in [0.4, 0.5) is 8.78 Å². The molecular weight excluding hydrogens is 366 g/mol. The lowest BCUT2D eigenvalue weighted by Gasteiger charge is -2.21. The Bertz CT molecular complexity index is 952. The van der Waals surface area contributed by atoms with Crippen LogP contribution in [0.2, 0.25) is 0 Å². The minimum absolute atomic E-state index is 0.0651. The zero-order chi connectivity index (χ0) is 19.1. The summed E-state index contributed by atoms with van der Waals surface area (Å²) >= 11 is 0. The highest BCUT2D eigenvalue weighted by Gasteiger charge is 2.39. The fraction of sp³-hybridized carbons (Fsp3) is 0.353. The van der Waals surface area contributed by atoms with Crippen LogP contribution in [0.1, 0.15) is 35.8 Å². The van der Waals surface area contributed by atoms with Crippen molar-refractivity contribution in [1.82, 2.24) is 8.87 Å². The molecule has 0 spiro atoms. The molecule has 9 heteroatoms. The van der Waals surface area contributed by atoms with E-state index in [0.717, 1.165) is 16.4 Å². The van der Waals surface area contributed by atoms with Gasteiger partial charge in [0.25, 0.3) is 0 Å². The molecule has 6 nitrogen and oxygen atoms in total. The first-order chi connectivity index (χ1) is 12.2. The first-order valence-corrected chi connectivity index (χ1v) is 9.57. The van der Waals surface area contributed by atoms with Crippen LogP contribution >= 0.6 is 0 Å². The molecular formula is C17H18F2N2O4S. The van der Waals surface area contributed by atoms with Gasteiger partial charge in [-0.25, -0.2) is 22.0 Å². The van der Waals surface area contributed by atoms with E-state index < -0.39 is 27.6 Å². The number of aromatic nitrogens is 1. The highest BCUT2D eigenvalue weighted by molar-refractivity contribution is 7.89. The molecule has 0 saturated heterocycles. The van der Waals surface area contributed by atoms with Gasteiger partial charge < -0.3 is 9.67 Å². The monoisotopic (exact) mass is 384 g/mol. The van der Waals surface area contributed by atoms with E-state index in [1.54, 1.807) is 6.92 Å². The van der Waals surface area contributed by atoms with Crippen molar-refractivity contribution in [3.05, 3.63) is 53.4 Å². The van der Waals surface area contributed by atoms with E-state index in [-0.39, 0.29) is 28.7 Å². The fourth-order valence-corrected chi connectivity index (χ4v) is 4.50. The molecule has 140 valence electrons. The Morgan fingerprint density at radius 2 is 2.00 bits per heavy atom. The van der Waals surface area contributed by atoms with E-state index in [2.05, 4.69) is 0 Å². The van der Waals surface area contributed by atoms with E-state index in [0.29, 0.717) is 25.5 Å². The van der Waals surface area contributed by atoms with Crippen molar-refractivity contribution in [2.45, 2.75) is 43.8 Å². The molecule has 1 N–H and O–H groups in total. The average molecular weight is 384 g/mol. The number of aryl methyl sites for hydroxylation is 1. The molecule has 0 radical (unpaired) electrons. The van der Waals surface area contributed by atoms with Crippen molar-refractivity contribution in [1.29, 1.82) is 0 Å². The van der Waals surface area contributed by atoms with Crippen LogP contribution in [0, 0.1) is 11.6 Å². The third kappa shape index (κ3) is 3.49. The largest absolute Gasteiger partial charge is 0.477 e. The van der Waals surface area contributed by atoms with Gasteiger partial charge in [-0.1, -0.05) is 6.07 Å². The van der Waals surface area contributed by atoms with Crippen LogP contribution in [-0.2, 0) is 23.1 Å². The third-order valence-electron chi connectivity index (χ3n) is 4.33. The molecule has 0 amide bonds. The van der Waals surface area contributed by atoms with Gasteiger partial charge in [-0.2, -0.15) is 4.31 Å². The van der Waals surface area contributed by atoms with Gasteiger partial charge in [-0.15, -0.1) is 0 Å². The minimum Gasteiger partial charge on any atom is -0.477 e. The molecule has 1 saturated carbocycles. The first-order valence-electron chi connectivity index (χ1n) is 8.13. The van der Waals surface area contributed by atoms with Crippen molar-refractivity contribution in [2.24, 2.45) is 0 Å². The summed E-state index contributed by atoms with van der Waals surface area (Å²) in [6.07, 6.45) is 2.56. The molecule has 1 aliphatic carbocycles. The molecule has 26 heavy (non-hydrogen) atoms. The van der Waals surface area contributed by atoms with Gasteiger partial charge in [-0.3, -0.25) is 0 Å². The number of benzene rings is 1. The molecule has 0 atom stereocenters. The topological polar surface area (TPSA) is 79.6 Å². The van der Waals surface area contributed by atoms with Crippen molar-refractivity contribution in [3.63, 3.8) is 0 Å². The second kappa shape index (κ2) is 6.81. The fourth-order valence-electron chi connectivity index (χ4n) is 2.79. The van der Waals surface area contributed by atoms with Gasteiger partial charge in [0.15, 0.2) is 0 Å². The molecule has 1 aliphatic rings. The smallest absolute Gasteiger partial charge is 0.352 e. The summed E-state index contributed by atoms with van der Waals surface area (Å²) in [6.45, 7) is 1.77. The van der Waals surface area contributed by atoms with E-state index in [1.165, 1.54) is 16.8 Å². The summed E-state index contributed by atoms with van der Waals surface area (Å²) in [7, 11) is -4.02. The van der Waals surface area contributed by atoms with E-state index in [9.17, 15) is 27.1 Å². The van der Waals surface area contributed by atoms with Crippen molar-refractivity contribution in [3.8, 4) is 0 Å². The van der Waals surface area contributed by atoms with Crippen LogP contribution < -0.4 is 0 Å². The predicted octanol–water partition coefficient (Wildman–Crippen LogP) is 2.84. The summed E-state index contributed by atoms with van der Waals surface area (Å²) in [5.41, 5.74) is -0.0648. The molecule has 0 unspecified atom stereocenters. The summed E-state index contributed by atoms with van der Waals surface area (Å²) in [5, 5.41) is 9.22. The molecule has 2 aromatic rings. The van der Waals surface area contributed by atoms with Gasteiger partial charge in [0.05, 0.1) is 0 Å². The average Bonchev–Trinajstić information content (AvgIpc) is 3.29. The number of nitrogens with zero attached hydrogens (tertiary/aromatic N) is 2. The summed E-state index contributed by atoms with van der Waals surface area (Å²) in [5.74, 6) is -2.78. The Hall–Kier alpha value is -2.26. The second-order valence-electron chi connectivity index (χ2n) is 6.17. The first kappa shape index (κ1) is 18.5. The number of hydrogen-bond acceptors (Lipinski definition) is 3. The van der Waals surface area contributed by atoms with Crippen LogP contribution in [0.5, 0.6) is 0 Å². The predicted molar refractivity (Wildman–Crippen MR) is 89.2 cm³/mol. The van der Waals surface area contributed by atoms with Gasteiger partial charge in [0.1, 0.15) is 22.2 Å². The lowest BCUT2D eigenvalue weighted by molar-refractivity contribution is 0.0685. The molecule has 3 rings (SSSR count). The normalized spacial score (nSPS) is 14.8. The molecule has 1 aromatic heterocycles. The number of carboxylic acid groups (broad SMARTS) is 1. The summed E-state index contributed by atoms with van der Waals surface area (Å²) in [4.78, 5) is 11.1. The Kier molecular flexibility index (Phi) is 4.85. The maximum absolute atomic E-state index is 14.0. The standard InChI is InChI=1S/C17H18F2N2O4S/c1-2-20-10-14(8-16(20)17(22)23)26(24,25)21(13-5-6-13)9-11-3-4-12(18)7-15(11)19/h3-4,7-8,10,13H,2,5-6,9H2,1H3,(H,22,23). The van der Waals surface area contributed by atoms with E-state index in [4.69, 9.17) is 0 Å². The van der Waals surface area contributed by atoms with E-state index >= 15 is 0 Å². The zero-order valence-corrected chi connectivity index (χ0v) is 14.8. The number of aromatic carboxylic acids is 1. The summed E-state index contributed by atoms with van der Waals surface area (Å²) < 4.78 is 55.6. The number of carbonyl (C=O) groups is 1. The second-order valence-corrected chi connectivity index (χ2v) is 8.06. The third-order valence-corrected chi connectivity index (χ3v) is 6.20. The van der Waals surface area contributed by atoms with Crippen molar-refractivity contribution < 1.29 is 27.1 Å². The van der Waals surface area contributed by atoms with Crippen LogP contribution in [0.25, 0.3) is 0 Å². The van der Waals surface area contributed by atoms with E-state index in [1.807, 2.05) is 0 Å². The molecule has 1 heterocycles. The Labute approximate surface area is 149 Å². The number of hydrogen-bond donors (Lipinski definition) is 1. The van der Waals surface area contributed by atoms with Gasteiger partial charge >= 0.3 is 5.97 Å². The summed E-state index contributed by atoms with van der Waals surface area (Å²) in [6, 6.07) is 3.84. The number of carboxylic acids is 1. The SMILES string of the molecule is CCn1cc(S(=O)(=O)N(Cc2ccc(F)cc2F)C2CC2)cc1C(=O)O. The molecule has 1 fully saturated rings. The van der Waals surface area contributed by atoms with Crippen LogP contribution in [0.15, 0.2) is 35.4 Å². The molecule has 0 bridgehead atoms. The van der Waals surface area contributed by atoms with Gasteiger partial charge in [-0.05, 0) is 31.9 Å². The maximum Gasteiger partial charge on any atom is 0.352 e.